The Labute approximate surface area is 119 Å². The fraction of sp³-hybridized carbons (Fsp3) is 0.538. The van der Waals surface area contributed by atoms with Crippen LogP contribution in [0.1, 0.15) is 5.56 Å². The van der Waals surface area contributed by atoms with Crippen LogP contribution in [0.15, 0.2) is 29.2 Å². The largest absolute Gasteiger partial charge is 0.319 e. The van der Waals surface area contributed by atoms with Crippen LogP contribution < -0.4 is 5.32 Å². The van der Waals surface area contributed by atoms with E-state index in [0.717, 1.165) is 30.0 Å². The highest BCUT2D eigenvalue weighted by atomic mass is 32.2. The summed E-state index contributed by atoms with van der Waals surface area (Å²) in [5, 5.41) is 3.08. The van der Waals surface area contributed by atoms with Gasteiger partial charge in [0.2, 0.25) is 10.0 Å². The summed E-state index contributed by atoms with van der Waals surface area (Å²) in [7, 11) is -1.39. The topological polar surface area (TPSA) is 49.4 Å². The van der Waals surface area contributed by atoms with Crippen molar-refractivity contribution in [3.05, 3.63) is 29.8 Å². The lowest BCUT2D eigenvalue weighted by Crippen LogP contribution is -2.37. The van der Waals surface area contributed by atoms with E-state index in [4.69, 9.17) is 0 Å². The highest BCUT2D eigenvalue weighted by Crippen LogP contribution is 2.20. The van der Waals surface area contributed by atoms with Crippen LogP contribution in [-0.2, 0) is 16.4 Å². The Balaban J connectivity index is 2.11. The van der Waals surface area contributed by atoms with Gasteiger partial charge in [-0.25, -0.2) is 8.42 Å². The smallest absolute Gasteiger partial charge is 0.243 e. The van der Waals surface area contributed by atoms with Crippen LogP contribution in [0, 0.1) is 0 Å². The fourth-order valence-electron chi connectivity index (χ4n) is 2.03. The Bertz CT molecular complexity index is 494. The molecule has 0 bridgehead atoms. The van der Waals surface area contributed by atoms with E-state index in [2.05, 4.69) is 5.32 Å². The van der Waals surface area contributed by atoms with Crippen LogP contribution in [0.2, 0.25) is 0 Å². The number of hydrogen-bond donors (Lipinski definition) is 1. The van der Waals surface area contributed by atoms with Crippen molar-refractivity contribution in [1.82, 2.24) is 9.62 Å². The predicted molar refractivity (Wildman–Crippen MR) is 80.2 cm³/mol. The molecule has 0 amide bonds. The van der Waals surface area contributed by atoms with E-state index in [1.54, 1.807) is 16.4 Å². The molecule has 1 aliphatic rings. The first-order chi connectivity index (χ1) is 9.14. The highest BCUT2D eigenvalue weighted by molar-refractivity contribution is 7.99. The molecule has 0 radical (unpaired) electrons. The molecule has 0 aliphatic carbocycles. The fourth-order valence-corrected chi connectivity index (χ4v) is 4.61. The normalized spacial score (nSPS) is 17.5. The molecule has 0 saturated carbocycles. The minimum atomic E-state index is -3.29. The van der Waals surface area contributed by atoms with Gasteiger partial charge < -0.3 is 5.32 Å². The van der Waals surface area contributed by atoms with Crippen molar-refractivity contribution in [2.45, 2.75) is 11.3 Å². The highest BCUT2D eigenvalue weighted by Gasteiger charge is 2.25. The van der Waals surface area contributed by atoms with Crippen molar-refractivity contribution < 1.29 is 8.42 Å². The number of sulfonamides is 1. The molecule has 1 saturated heterocycles. The maximum absolute atomic E-state index is 12.4. The van der Waals surface area contributed by atoms with Gasteiger partial charge in [0.15, 0.2) is 0 Å². The van der Waals surface area contributed by atoms with Crippen LogP contribution >= 0.6 is 11.8 Å². The third-order valence-electron chi connectivity index (χ3n) is 3.19. The Morgan fingerprint density at radius 1 is 1.21 bits per heavy atom. The van der Waals surface area contributed by atoms with Crippen molar-refractivity contribution in [1.29, 1.82) is 0 Å². The second-order valence-electron chi connectivity index (χ2n) is 4.51. The van der Waals surface area contributed by atoms with Gasteiger partial charge in [-0.05, 0) is 37.7 Å². The third kappa shape index (κ3) is 3.72. The van der Waals surface area contributed by atoms with Crippen LogP contribution in [0.5, 0.6) is 0 Å². The zero-order valence-electron chi connectivity index (χ0n) is 11.1. The van der Waals surface area contributed by atoms with Gasteiger partial charge in [-0.3, -0.25) is 0 Å². The molecule has 106 valence electrons. The predicted octanol–water partition coefficient (Wildman–Crippen LogP) is 1.19. The zero-order valence-corrected chi connectivity index (χ0v) is 12.8. The van der Waals surface area contributed by atoms with Gasteiger partial charge in [0.25, 0.3) is 0 Å². The molecule has 6 heteroatoms. The molecule has 1 heterocycles. The number of thioether (sulfide) groups is 1. The molecule has 1 fully saturated rings. The Kier molecular flexibility index (Phi) is 5.27. The Hall–Kier alpha value is -0.560. The molecule has 1 aromatic carbocycles. The molecule has 19 heavy (non-hydrogen) atoms. The van der Waals surface area contributed by atoms with Gasteiger partial charge in [-0.1, -0.05) is 12.1 Å². The van der Waals surface area contributed by atoms with Gasteiger partial charge >= 0.3 is 0 Å². The first-order valence-corrected chi connectivity index (χ1v) is 9.05. The molecular formula is C13H20N2O2S2. The number of nitrogens with zero attached hydrogens (tertiary/aromatic N) is 1. The van der Waals surface area contributed by atoms with Crippen LogP contribution in [0.25, 0.3) is 0 Å². The molecule has 1 aliphatic heterocycles. The SMILES string of the molecule is CNCCc1ccc(S(=O)(=O)N2CCSCC2)cc1. The van der Waals surface area contributed by atoms with Gasteiger partial charge in [0.05, 0.1) is 4.90 Å². The zero-order chi connectivity index (χ0) is 13.7. The van der Waals surface area contributed by atoms with Crippen LogP contribution in [0.3, 0.4) is 0 Å². The Morgan fingerprint density at radius 3 is 2.42 bits per heavy atom. The standard InChI is InChI=1S/C13H20N2O2S2/c1-14-7-6-12-2-4-13(5-3-12)19(16,17)15-8-10-18-11-9-15/h2-5,14H,6-11H2,1H3. The van der Waals surface area contributed by atoms with E-state index in [1.807, 2.05) is 30.9 Å². The van der Waals surface area contributed by atoms with E-state index in [9.17, 15) is 8.42 Å². The maximum Gasteiger partial charge on any atom is 0.243 e. The van der Waals surface area contributed by atoms with E-state index in [-0.39, 0.29) is 0 Å². The summed E-state index contributed by atoms with van der Waals surface area (Å²) in [6.07, 6.45) is 0.914. The van der Waals surface area contributed by atoms with Crippen molar-refractivity contribution in [2.24, 2.45) is 0 Å². The molecule has 0 atom stereocenters. The number of nitrogens with one attached hydrogen (secondary N) is 1. The minimum Gasteiger partial charge on any atom is -0.319 e. The summed E-state index contributed by atoms with van der Waals surface area (Å²) < 4.78 is 26.4. The molecular weight excluding hydrogens is 280 g/mol. The Morgan fingerprint density at radius 2 is 1.84 bits per heavy atom. The number of likely N-dealkylation sites (N-methyl/N-ethyl adjacent to an activating group) is 1. The summed E-state index contributed by atoms with van der Waals surface area (Å²) in [6.45, 7) is 2.14. The first-order valence-electron chi connectivity index (χ1n) is 6.46. The maximum atomic E-state index is 12.4. The quantitative estimate of drug-likeness (QED) is 0.887. The summed E-state index contributed by atoms with van der Waals surface area (Å²) in [6, 6.07) is 7.26. The summed E-state index contributed by atoms with van der Waals surface area (Å²) >= 11 is 1.81. The van der Waals surface area contributed by atoms with Gasteiger partial charge in [0, 0.05) is 24.6 Å². The van der Waals surface area contributed by atoms with Gasteiger partial charge in [-0.15, -0.1) is 0 Å². The average molecular weight is 300 g/mol. The average Bonchev–Trinajstić information content (AvgIpc) is 2.46. The van der Waals surface area contributed by atoms with Crippen molar-refractivity contribution in [3.63, 3.8) is 0 Å². The summed E-state index contributed by atoms with van der Waals surface area (Å²) in [5.41, 5.74) is 1.16. The van der Waals surface area contributed by atoms with Crippen molar-refractivity contribution >= 4 is 21.8 Å². The lowest BCUT2D eigenvalue weighted by Gasteiger charge is -2.25. The van der Waals surface area contributed by atoms with E-state index in [1.165, 1.54) is 0 Å². The summed E-state index contributed by atoms with van der Waals surface area (Å²) in [5.74, 6) is 1.78. The molecule has 0 aromatic heterocycles. The van der Waals surface area contributed by atoms with Crippen molar-refractivity contribution in [2.75, 3.05) is 38.2 Å². The lowest BCUT2D eigenvalue weighted by atomic mass is 10.1. The monoisotopic (exact) mass is 300 g/mol. The lowest BCUT2D eigenvalue weighted by molar-refractivity contribution is 0.443. The number of rotatable bonds is 5. The first kappa shape index (κ1) is 14.8. The molecule has 2 rings (SSSR count). The molecule has 0 spiro atoms. The molecule has 4 nitrogen and oxygen atoms in total. The van der Waals surface area contributed by atoms with E-state index in [0.29, 0.717) is 18.0 Å². The molecule has 1 N–H and O–H groups in total. The van der Waals surface area contributed by atoms with E-state index < -0.39 is 10.0 Å². The van der Waals surface area contributed by atoms with Crippen molar-refractivity contribution in [3.8, 4) is 0 Å². The molecule has 0 unspecified atom stereocenters. The minimum absolute atomic E-state index is 0.410. The van der Waals surface area contributed by atoms with Crippen LogP contribution in [0.4, 0.5) is 0 Å². The second kappa shape index (κ2) is 6.74. The number of benzene rings is 1. The number of hydrogen-bond acceptors (Lipinski definition) is 4. The summed E-state index contributed by atoms with van der Waals surface area (Å²) in [4.78, 5) is 0.410. The van der Waals surface area contributed by atoms with Crippen LogP contribution in [-0.4, -0.2) is 50.9 Å². The van der Waals surface area contributed by atoms with Gasteiger partial charge in [0.1, 0.15) is 0 Å². The molecule has 1 aromatic rings. The third-order valence-corrected chi connectivity index (χ3v) is 6.05. The van der Waals surface area contributed by atoms with Gasteiger partial charge in [-0.2, -0.15) is 16.1 Å². The second-order valence-corrected chi connectivity index (χ2v) is 7.68. The van der Waals surface area contributed by atoms with E-state index >= 15 is 0 Å².